The van der Waals surface area contributed by atoms with Gasteiger partial charge in [0, 0.05) is 12.8 Å². The van der Waals surface area contributed by atoms with Crippen molar-refractivity contribution in [1.29, 1.82) is 0 Å². The topological polar surface area (TPSA) is 172 Å². The van der Waals surface area contributed by atoms with Crippen LogP contribution in [0.1, 0.15) is 219 Å². The second-order valence-corrected chi connectivity index (χ2v) is 18.4. The maximum Gasteiger partial charge on any atom is 0.472 e. The smallest absolute Gasteiger partial charge is 0.472 e. The maximum absolute atomic E-state index is 12.7. The first-order valence-electron chi connectivity index (χ1n) is 25.3. The molecule has 0 bridgehead atoms. The summed E-state index contributed by atoms with van der Waals surface area (Å²) in [6.07, 6.45) is 55.9. The van der Waals surface area contributed by atoms with Gasteiger partial charge in [-0.3, -0.25) is 23.4 Å². The molecular formula is C52H92NO10P. The number of unbranched alkanes of at least 4 members (excludes halogenated alkanes) is 23. The number of nitrogens with two attached hydrogens (primary N) is 1. The van der Waals surface area contributed by atoms with Crippen LogP contribution in [0.2, 0.25) is 0 Å². The number of phosphoric ester groups is 1. The molecule has 0 rings (SSSR count). The number of aliphatic carboxylic acids is 1. The molecule has 0 aromatic carbocycles. The lowest BCUT2D eigenvalue weighted by molar-refractivity contribution is -0.161. The van der Waals surface area contributed by atoms with E-state index in [0.717, 1.165) is 51.4 Å². The van der Waals surface area contributed by atoms with Gasteiger partial charge in [-0.15, -0.1) is 0 Å². The van der Waals surface area contributed by atoms with Gasteiger partial charge in [0.25, 0.3) is 0 Å². The number of ether oxygens (including phenoxy) is 2. The normalized spacial score (nSPS) is 14.1. The Labute approximate surface area is 389 Å². The molecule has 0 aliphatic rings. The SMILES string of the molecule is CC/C=C/C/C=C/C/C=C/C/C=C/C/C=C/CCCC(=O)OC[C@@H](COP(=O)(O)OC[C@H](N)C(=O)O)OC(=O)CCCCCCCCCCCCCCCCCCCCCCCCC. The molecule has 3 atom stereocenters. The van der Waals surface area contributed by atoms with Crippen LogP contribution in [-0.4, -0.2) is 59.9 Å². The van der Waals surface area contributed by atoms with Crippen LogP contribution in [0.15, 0.2) is 60.8 Å². The average Bonchev–Trinajstić information content (AvgIpc) is 3.27. The van der Waals surface area contributed by atoms with Crippen molar-refractivity contribution in [2.75, 3.05) is 19.8 Å². The summed E-state index contributed by atoms with van der Waals surface area (Å²) in [5, 5.41) is 8.92. The largest absolute Gasteiger partial charge is 0.480 e. The van der Waals surface area contributed by atoms with Crippen molar-refractivity contribution >= 4 is 25.7 Å². The third-order valence-corrected chi connectivity index (χ3v) is 11.7. The average molecular weight is 922 g/mol. The van der Waals surface area contributed by atoms with E-state index < -0.39 is 51.1 Å². The molecule has 0 aliphatic carbocycles. The fourth-order valence-electron chi connectivity index (χ4n) is 6.87. The number of hydrogen-bond donors (Lipinski definition) is 3. The van der Waals surface area contributed by atoms with Crippen molar-refractivity contribution in [1.82, 2.24) is 0 Å². The van der Waals surface area contributed by atoms with Crippen LogP contribution in [0.25, 0.3) is 0 Å². The lowest BCUT2D eigenvalue weighted by Crippen LogP contribution is -2.34. The zero-order valence-electron chi connectivity index (χ0n) is 40.4. The fourth-order valence-corrected chi connectivity index (χ4v) is 7.65. The third-order valence-electron chi connectivity index (χ3n) is 10.8. The Balaban J connectivity index is 4.28. The molecule has 12 heteroatoms. The first-order chi connectivity index (χ1) is 31.1. The minimum Gasteiger partial charge on any atom is -0.480 e. The van der Waals surface area contributed by atoms with Gasteiger partial charge in [0.2, 0.25) is 0 Å². The van der Waals surface area contributed by atoms with Gasteiger partial charge in [-0.05, 0) is 51.4 Å². The second-order valence-electron chi connectivity index (χ2n) is 16.9. The molecule has 0 aliphatic heterocycles. The lowest BCUT2D eigenvalue weighted by atomic mass is 10.0. The van der Waals surface area contributed by atoms with Crippen molar-refractivity contribution in [2.24, 2.45) is 5.73 Å². The Hall–Kier alpha value is -2.82. The Morgan fingerprint density at radius 1 is 0.500 bits per heavy atom. The molecule has 0 radical (unpaired) electrons. The van der Waals surface area contributed by atoms with Crippen LogP contribution in [0.4, 0.5) is 0 Å². The van der Waals surface area contributed by atoms with Gasteiger partial charge in [-0.25, -0.2) is 4.57 Å². The molecule has 0 aromatic rings. The molecule has 11 nitrogen and oxygen atoms in total. The van der Waals surface area contributed by atoms with Gasteiger partial charge < -0.3 is 25.2 Å². The van der Waals surface area contributed by atoms with E-state index in [9.17, 15) is 23.8 Å². The predicted octanol–water partition coefficient (Wildman–Crippen LogP) is 14.3. The van der Waals surface area contributed by atoms with Crippen molar-refractivity contribution in [3.05, 3.63) is 60.8 Å². The first kappa shape index (κ1) is 61.2. The van der Waals surface area contributed by atoms with Gasteiger partial charge in [0.15, 0.2) is 6.10 Å². The number of carboxylic acids is 1. The molecule has 0 saturated carbocycles. The lowest BCUT2D eigenvalue weighted by Gasteiger charge is -2.20. The summed E-state index contributed by atoms with van der Waals surface area (Å²) in [6.45, 7) is 2.66. The van der Waals surface area contributed by atoms with E-state index in [4.69, 9.17) is 24.8 Å². The first-order valence-corrected chi connectivity index (χ1v) is 26.8. The van der Waals surface area contributed by atoms with Gasteiger partial charge >= 0.3 is 25.7 Å². The second kappa shape index (κ2) is 46.7. The van der Waals surface area contributed by atoms with Gasteiger partial charge in [-0.2, -0.15) is 0 Å². The van der Waals surface area contributed by atoms with E-state index in [0.29, 0.717) is 19.3 Å². The van der Waals surface area contributed by atoms with E-state index in [1.54, 1.807) is 0 Å². The third kappa shape index (κ3) is 45.7. The number of carbonyl (C=O) groups is 3. The summed E-state index contributed by atoms with van der Waals surface area (Å²) in [6, 6.07) is -1.53. The number of rotatable bonds is 47. The number of allylic oxidation sites excluding steroid dienone is 10. The Bertz CT molecular complexity index is 1310. The highest BCUT2D eigenvalue weighted by atomic mass is 31.2. The molecule has 0 spiro atoms. The molecule has 0 amide bonds. The minimum absolute atomic E-state index is 0.143. The van der Waals surface area contributed by atoms with Crippen molar-refractivity contribution in [3.63, 3.8) is 0 Å². The fraction of sp³-hybridized carbons (Fsp3) is 0.750. The van der Waals surface area contributed by atoms with E-state index in [1.807, 2.05) is 12.2 Å². The molecular weight excluding hydrogens is 830 g/mol. The predicted molar refractivity (Wildman–Crippen MR) is 263 cm³/mol. The summed E-state index contributed by atoms with van der Waals surface area (Å²) in [5.41, 5.74) is 5.35. The molecule has 0 fully saturated rings. The Morgan fingerprint density at radius 3 is 1.30 bits per heavy atom. The van der Waals surface area contributed by atoms with Crippen LogP contribution >= 0.6 is 7.82 Å². The molecule has 0 aromatic heterocycles. The minimum atomic E-state index is -4.73. The van der Waals surface area contributed by atoms with Crippen LogP contribution in [-0.2, 0) is 37.5 Å². The molecule has 4 N–H and O–H groups in total. The van der Waals surface area contributed by atoms with Crippen molar-refractivity contribution < 1.29 is 47.5 Å². The number of carbonyl (C=O) groups excluding carboxylic acids is 2. The zero-order chi connectivity index (χ0) is 47.0. The van der Waals surface area contributed by atoms with Crippen LogP contribution < -0.4 is 5.73 Å². The van der Waals surface area contributed by atoms with E-state index in [2.05, 4.69) is 67.0 Å². The molecule has 370 valence electrons. The summed E-state index contributed by atoms with van der Waals surface area (Å²) >= 11 is 0. The maximum atomic E-state index is 12.7. The summed E-state index contributed by atoms with van der Waals surface area (Å²) < 4.78 is 32.8. The number of esters is 2. The van der Waals surface area contributed by atoms with Crippen LogP contribution in [0.3, 0.4) is 0 Å². The summed E-state index contributed by atoms with van der Waals surface area (Å²) in [7, 11) is -4.73. The molecule has 0 saturated heterocycles. The van der Waals surface area contributed by atoms with E-state index in [1.165, 1.54) is 122 Å². The van der Waals surface area contributed by atoms with E-state index >= 15 is 0 Å². The van der Waals surface area contributed by atoms with Gasteiger partial charge in [0.1, 0.15) is 12.6 Å². The number of phosphoric acid groups is 1. The summed E-state index contributed by atoms with van der Waals surface area (Å²) in [4.78, 5) is 46.1. The van der Waals surface area contributed by atoms with Gasteiger partial charge in [-0.1, -0.05) is 216 Å². The Kier molecular flexibility index (Phi) is 44.6. The summed E-state index contributed by atoms with van der Waals surface area (Å²) in [5.74, 6) is -2.45. The molecule has 64 heavy (non-hydrogen) atoms. The van der Waals surface area contributed by atoms with Crippen molar-refractivity contribution in [2.45, 2.75) is 231 Å². The standard InChI is InChI=1S/C52H92NO10P/c1-3-5-7-9-11-13-15-17-19-21-22-23-24-25-26-28-30-32-34-36-38-40-42-44-51(55)63-48(46-61-64(58,59)62-47-49(53)52(56)57)45-60-50(54)43-41-39-37-35-33-31-29-27-20-18-16-14-12-10-8-6-4-2/h6,8,12,14,18,20,29,31,35,37,48-49H,3-5,7,9-11,13,15-17,19,21-28,30,32-34,36,38-47,53H2,1-2H3,(H,56,57)(H,58,59)/b8-6+,14-12+,20-18+,31-29+,37-35+/t48-,49-/m0/s1. The van der Waals surface area contributed by atoms with E-state index in [-0.39, 0.29) is 19.4 Å². The Morgan fingerprint density at radius 2 is 0.875 bits per heavy atom. The highest BCUT2D eigenvalue weighted by molar-refractivity contribution is 7.47. The van der Waals surface area contributed by atoms with Gasteiger partial charge in [0.05, 0.1) is 13.2 Å². The van der Waals surface area contributed by atoms with Crippen LogP contribution in [0, 0.1) is 0 Å². The zero-order valence-corrected chi connectivity index (χ0v) is 41.3. The highest BCUT2D eigenvalue weighted by Gasteiger charge is 2.28. The quantitative estimate of drug-likeness (QED) is 0.0230. The molecule has 1 unspecified atom stereocenters. The highest BCUT2D eigenvalue weighted by Crippen LogP contribution is 2.43. The number of carboxylic acid groups (broad SMARTS) is 1. The number of hydrogen-bond acceptors (Lipinski definition) is 9. The molecule has 0 heterocycles. The monoisotopic (exact) mass is 922 g/mol. The van der Waals surface area contributed by atoms with Crippen LogP contribution in [0.5, 0.6) is 0 Å². The van der Waals surface area contributed by atoms with Crippen molar-refractivity contribution in [3.8, 4) is 0 Å².